The van der Waals surface area contributed by atoms with Gasteiger partial charge in [0, 0.05) is 23.0 Å². The monoisotopic (exact) mass is 325 g/mol. The molecule has 0 aromatic carbocycles. The van der Waals surface area contributed by atoms with Crippen molar-refractivity contribution in [2.75, 3.05) is 12.4 Å². The third-order valence-electron chi connectivity index (χ3n) is 2.75. The summed E-state index contributed by atoms with van der Waals surface area (Å²) in [5.74, 6) is 2.10. The zero-order valence-electron chi connectivity index (χ0n) is 10.9. The zero-order chi connectivity index (χ0) is 13.3. The van der Waals surface area contributed by atoms with E-state index in [9.17, 15) is 0 Å². The maximum Gasteiger partial charge on any atom is 0.134 e. The van der Waals surface area contributed by atoms with Crippen LogP contribution in [0.25, 0.3) is 10.6 Å². The Bertz CT molecular complexity index is 563. The van der Waals surface area contributed by atoms with Crippen molar-refractivity contribution in [2.24, 2.45) is 0 Å². The normalized spacial score (nSPS) is 11.0. The molecular weight excluding hydrogens is 310 g/mol. The van der Waals surface area contributed by atoms with Crippen molar-refractivity contribution in [3.63, 3.8) is 0 Å². The molecule has 0 saturated carbocycles. The lowest BCUT2D eigenvalue weighted by atomic mass is 10.1. The molecule has 18 heavy (non-hydrogen) atoms. The first-order chi connectivity index (χ1) is 8.54. The van der Waals surface area contributed by atoms with Gasteiger partial charge in [0.05, 0.1) is 10.6 Å². The second-order valence-corrected chi connectivity index (χ2v) is 6.18. The van der Waals surface area contributed by atoms with Gasteiger partial charge in [-0.3, -0.25) is 0 Å². The van der Waals surface area contributed by atoms with E-state index in [4.69, 9.17) is 4.98 Å². The zero-order valence-corrected chi connectivity index (χ0v) is 13.3. The minimum absolute atomic E-state index is 0.315. The highest BCUT2D eigenvalue weighted by Crippen LogP contribution is 2.36. The second kappa shape index (κ2) is 5.36. The Morgan fingerprint density at radius 2 is 2.06 bits per heavy atom. The summed E-state index contributed by atoms with van der Waals surface area (Å²) in [5, 5.41) is 5.22. The molecule has 1 N–H and O–H groups in total. The van der Waals surface area contributed by atoms with Crippen LogP contribution in [0.2, 0.25) is 0 Å². The molecule has 0 radical (unpaired) electrons. The Labute approximate surface area is 120 Å². The van der Waals surface area contributed by atoms with Gasteiger partial charge in [-0.05, 0) is 34.3 Å². The largest absolute Gasteiger partial charge is 0.373 e. The fraction of sp³-hybridized carbons (Fsp3) is 0.385. The summed E-state index contributed by atoms with van der Waals surface area (Å²) in [6.07, 6.45) is 0. The number of aromatic nitrogens is 2. The van der Waals surface area contributed by atoms with Crippen LogP contribution in [0.1, 0.15) is 31.2 Å². The van der Waals surface area contributed by atoms with Crippen LogP contribution in [0.4, 0.5) is 5.82 Å². The molecule has 0 saturated heterocycles. The summed E-state index contributed by atoms with van der Waals surface area (Å²) in [5.41, 5.74) is 2.10. The van der Waals surface area contributed by atoms with Crippen molar-refractivity contribution in [1.29, 1.82) is 0 Å². The van der Waals surface area contributed by atoms with Gasteiger partial charge < -0.3 is 5.32 Å². The Balaban J connectivity index is 2.66. The average Bonchev–Trinajstić information content (AvgIpc) is 2.75. The highest BCUT2D eigenvalue weighted by molar-refractivity contribution is 9.10. The molecule has 0 atom stereocenters. The molecule has 3 nitrogen and oxygen atoms in total. The van der Waals surface area contributed by atoms with Gasteiger partial charge in [0.2, 0.25) is 0 Å². The molecule has 2 rings (SSSR count). The third-order valence-corrected chi connectivity index (χ3v) is 4.59. The summed E-state index contributed by atoms with van der Waals surface area (Å²) in [7, 11) is 1.90. The molecule has 0 unspecified atom stereocenters. The van der Waals surface area contributed by atoms with Crippen LogP contribution in [0.15, 0.2) is 15.9 Å². The number of anilines is 1. The van der Waals surface area contributed by atoms with Crippen LogP contribution in [-0.2, 0) is 0 Å². The van der Waals surface area contributed by atoms with Crippen LogP contribution in [-0.4, -0.2) is 17.0 Å². The molecule has 0 aliphatic carbocycles. The van der Waals surface area contributed by atoms with Crippen LogP contribution in [0, 0.1) is 6.92 Å². The van der Waals surface area contributed by atoms with Crippen LogP contribution < -0.4 is 5.32 Å². The molecule has 0 aliphatic heterocycles. The van der Waals surface area contributed by atoms with Gasteiger partial charge in [-0.15, -0.1) is 11.3 Å². The van der Waals surface area contributed by atoms with E-state index < -0.39 is 0 Å². The molecule has 5 heteroatoms. The van der Waals surface area contributed by atoms with Gasteiger partial charge in [-0.1, -0.05) is 13.8 Å². The van der Waals surface area contributed by atoms with Crippen molar-refractivity contribution < 1.29 is 0 Å². The summed E-state index contributed by atoms with van der Waals surface area (Å²) in [6, 6.07) is 2.05. The predicted molar refractivity (Wildman–Crippen MR) is 81.4 cm³/mol. The summed E-state index contributed by atoms with van der Waals surface area (Å²) in [4.78, 5) is 10.4. The van der Waals surface area contributed by atoms with Crippen molar-refractivity contribution in [3.05, 3.63) is 27.3 Å². The summed E-state index contributed by atoms with van der Waals surface area (Å²) >= 11 is 5.27. The highest BCUT2D eigenvalue weighted by atomic mass is 79.9. The average molecular weight is 326 g/mol. The molecule has 2 heterocycles. The SMILES string of the molecule is CNc1nc(C(C)C)nc(-c2sccc2Br)c1C. The Hall–Kier alpha value is -0.940. The van der Waals surface area contributed by atoms with Crippen LogP contribution >= 0.6 is 27.3 Å². The summed E-state index contributed by atoms with van der Waals surface area (Å²) in [6.45, 7) is 6.27. The number of halogens is 1. The Kier molecular flexibility index (Phi) is 4.02. The molecule has 2 aromatic rings. The molecule has 0 bridgehead atoms. The van der Waals surface area contributed by atoms with Gasteiger partial charge in [-0.2, -0.15) is 0 Å². The Morgan fingerprint density at radius 1 is 1.33 bits per heavy atom. The van der Waals surface area contributed by atoms with Crippen molar-refractivity contribution >= 4 is 33.1 Å². The van der Waals surface area contributed by atoms with Crippen molar-refractivity contribution in [2.45, 2.75) is 26.7 Å². The smallest absolute Gasteiger partial charge is 0.134 e. The number of thiophene rings is 1. The van der Waals surface area contributed by atoms with E-state index in [1.807, 2.05) is 7.05 Å². The highest BCUT2D eigenvalue weighted by Gasteiger charge is 2.16. The maximum absolute atomic E-state index is 4.71. The second-order valence-electron chi connectivity index (χ2n) is 4.41. The maximum atomic E-state index is 4.71. The number of hydrogen-bond acceptors (Lipinski definition) is 4. The van der Waals surface area contributed by atoms with Crippen molar-refractivity contribution in [3.8, 4) is 10.6 Å². The topological polar surface area (TPSA) is 37.8 Å². The van der Waals surface area contributed by atoms with Crippen LogP contribution in [0.5, 0.6) is 0 Å². The first-order valence-electron chi connectivity index (χ1n) is 5.84. The Morgan fingerprint density at radius 3 is 2.56 bits per heavy atom. The van der Waals surface area contributed by atoms with Gasteiger partial charge in [0.15, 0.2) is 0 Å². The van der Waals surface area contributed by atoms with Gasteiger partial charge in [-0.25, -0.2) is 9.97 Å². The molecule has 96 valence electrons. The summed E-state index contributed by atoms with van der Waals surface area (Å²) < 4.78 is 1.09. The number of nitrogens with one attached hydrogen (secondary N) is 1. The van der Waals surface area contributed by atoms with E-state index in [0.29, 0.717) is 5.92 Å². The van der Waals surface area contributed by atoms with Crippen LogP contribution in [0.3, 0.4) is 0 Å². The number of rotatable bonds is 3. The van der Waals surface area contributed by atoms with E-state index in [-0.39, 0.29) is 0 Å². The van der Waals surface area contributed by atoms with Gasteiger partial charge >= 0.3 is 0 Å². The molecular formula is C13H16BrN3S. The van der Waals surface area contributed by atoms with E-state index in [1.54, 1.807) is 11.3 Å². The molecule has 0 amide bonds. The fourth-order valence-corrected chi connectivity index (χ4v) is 3.33. The fourth-order valence-electron chi connectivity index (χ4n) is 1.72. The number of nitrogens with zero attached hydrogens (tertiary/aromatic N) is 2. The minimum Gasteiger partial charge on any atom is -0.373 e. The minimum atomic E-state index is 0.315. The van der Waals surface area contributed by atoms with Gasteiger partial charge in [0.25, 0.3) is 0 Å². The first kappa shape index (κ1) is 13.5. The van der Waals surface area contributed by atoms with Crippen molar-refractivity contribution in [1.82, 2.24) is 9.97 Å². The first-order valence-corrected chi connectivity index (χ1v) is 7.51. The molecule has 0 aliphatic rings. The van der Waals surface area contributed by atoms with Gasteiger partial charge in [0.1, 0.15) is 11.6 Å². The lowest BCUT2D eigenvalue weighted by molar-refractivity contribution is 0.775. The quantitative estimate of drug-likeness (QED) is 0.906. The standard InChI is InChI=1S/C13H16BrN3S/c1-7(2)12-16-10(8(3)13(15-4)17-12)11-9(14)5-6-18-11/h5-7H,1-4H3,(H,15,16,17). The molecule has 2 aromatic heterocycles. The molecule has 0 spiro atoms. The number of hydrogen-bond donors (Lipinski definition) is 1. The van der Waals surface area contributed by atoms with E-state index in [0.717, 1.165) is 32.2 Å². The van der Waals surface area contributed by atoms with E-state index in [1.165, 1.54) is 0 Å². The predicted octanol–water partition coefficient (Wildman–Crippen LogP) is 4.44. The lowest BCUT2D eigenvalue weighted by Gasteiger charge is -2.13. The van der Waals surface area contributed by atoms with E-state index >= 15 is 0 Å². The lowest BCUT2D eigenvalue weighted by Crippen LogP contribution is -2.06. The molecule has 0 fully saturated rings. The van der Waals surface area contributed by atoms with E-state index in [2.05, 4.69) is 58.4 Å². The third kappa shape index (κ3) is 2.42.